The first-order valence-corrected chi connectivity index (χ1v) is 5.17. The van der Waals surface area contributed by atoms with E-state index >= 15 is 0 Å². The van der Waals surface area contributed by atoms with Crippen LogP contribution in [0.5, 0.6) is 5.75 Å². The number of hydrogen-bond donors (Lipinski definition) is 0. The number of carbonyl (C=O) groups is 1. The Balaban J connectivity index is 3.31. The molecule has 0 saturated heterocycles. The summed E-state index contributed by atoms with van der Waals surface area (Å²) in [4.78, 5) is 11.9. The topological polar surface area (TPSA) is 26.3 Å². The molecule has 1 aromatic rings. The summed E-state index contributed by atoms with van der Waals surface area (Å²) < 4.78 is 5.31. The average molecular weight is 206 g/mol. The van der Waals surface area contributed by atoms with E-state index in [1.54, 1.807) is 7.11 Å². The second-order valence-corrected chi connectivity index (χ2v) is 4.11. The Morgan fingerprint density at radius 2 is 1.87 bits per heavy atom. The van der Waals surface area contributed by atoms with Crippen molar-refractivity contribution < 1.29 is 9.53 Å². The van der Waals surface area contributed by atoms with Gasteiger partial charge in [0.1, 0.15) is 5.75 Å². The van der Waals surface area contributed by atoms with E-state index < -0.39 is 0 Å². The predicted molar refractivity (Wildman–Crippen MR) is 61.6 cm³/mol. The Hall–Kier alpha value is -1.31. The molecule has 0 bridgehead atoms. The van der Waals surface area contributed by atoms with Crippen LogP contribution in [0.4, 0.5) is 0 Å². The van der Waals surface area contributed by atoms with E-state index in [-0.39, 0.29) is 11.7 Å². The molecular weight excluding hydrogens is 188 g/mol. The zero-order valence-corrected chi connectivity index (χ0v) is 10.0. The van der Waals surface area contributed by atoms with Gasteiger partial charge in [-0.3, -0.25) is 4.79 Å². The highest BCUT2D eigenvalue weighted by Crippen LogP contribution is 2.27. The lowest BCUT2D eigenvalue weighted by Crippen LogP contribution is -2.10. The van der Waals surface area contributed by atoms with E-state index in [4.69, 9.17) is 4.74 Å². The van der Waals surface area contributed by atoms with Gasteiger partial charge in [0, 0.05) is 5.92 Å². The van der Waals surface area contributed by atoms with E-state index in [0.29, 0.717) is 11.3 Å². The molecule has 0 aliphatic carbocycles. The third kappa shape index (κ3) is 2.20. The number of Topliss-reactive ketones (excluding diaryl/α,β-unsaturated/α-hetero) is 1. The number of benzene rings is 1. The van der Waals surface area contributed by atoms with Crippen LogP contribution in [0.25, 0.3) is 0 Å². The Kier molecular flexibility index (Phi) is 3.51. The third-order valence-electron chi connectivity index (χ3n) is 2.67. The van der Waals surface area contributed by atoms with E-state index in [1.165, 1.54) is 0 Å². The fourth-order valence-corrected chi connectivity index (χ4v) is 1.56. The molecule has 0 spiro atoms. The van der Waals surface area contributed by atoms with E-state index in [9.17, 15) is 4.79 Å². The Labute approximate surface area is 91.3 Å². The largest absolute Gasteiger partial charge is 0.496 e. The van der Waals surface area contributed by atoms with Crippen LogP contribution in [-0.4, -0.2) is 12.9 Å². The molecule has 0 fully saturated rings. The van der Waals surface area contributed by atoms with Crippen molar-refractivity contribution in [3.05, 3.63) is 28.8 Å². The maximum absolute atomic E-state index is 11.9. The van der Waals surface area contributed by atoms with Gasteiger partial charge in [-0.25, -0.2) is 0 Å². The lowest BCUT2D eigenvalue weighted by atomic mass is 9.96. The van der Waals surface area contributed by atoms with Gasteiger partial charge in [-0.1, -0.05) is 19.9 Å². The summed E-state index contributed by atoms with van der Waals surface area (Å²) in [6, 6.07) is 3.82. The first-order chi connectivity index (χ1) is 6.99. The number of methoxy groups -OCH3 is 1. The van der Waals surface area contributed by atoms with Crippen LogP contribution in [0, 0.1) is 19.8 Å². The zero-order chi connectivity index (χ0) is 11.6. The van der Waals surface area contributed by atoms with Gasteiger partial charge in [0.05, 0.1) is 12.7 Å². The van der Waals surface area contributed by atoms with E-state index in [2.05, 4.69) is 0 Å². The van der Waals surface area contributed by atoms with Crippen LogP contribution >= 0.6 is 0 Å². The molecule has 0 radical (unpaired) electrons. The van der Waals surface area contributed by atoms with Gasteiger partial charge in [0.2, 0.25) is 0 Å². The molecule has 0 amide bonds. The fraction of sp³-hybridized carbons (Fsp3) is 0.462. The van der Waals surface area contributed by atoms with Gasteiger partial charge in [0.15, 0.2) is 5.78 Å². The molecule has 0 saturated carbocycles. The average Bonchev–Trinajstić information content (AvgIpc) is 2.20. The lowest BCUT2D eigenvalue weighted by Gasteiger charge is -2.13. The van der Waals surface area contributed by atoms with Gasteiger partial charge >= 0.3 is 0 Å². The molecule has 0 aliphatic heterocycles. The molecule has 0 atom stereocenters. The highest BCUT2D eigenvalue weighted by atomic mass is 16.5. The predicted octanol–water partition coefficient (Wildman–Crippen LogP) is 3.15. The summed E-state index contributed by atoms with van der Waals surface area (Å²) in [7, 11) is 1.61. The minimum atomic E-state index is 0.000932. The molecule has 1 rings (SSSR count). The first kappa shape index (κ1) is 11.8. The number of ether oxygens (including phenoxy) is 1. The zero-order valence-electron chi connectivity index (χ0n) is 10.0. The van der Waals surface area contributed by atoms with Crippen molar-refractivity contribution in [2.75, 3.05) is 7.11 Å². The molecule has 0 unspecified atom stereocenters. The molecule has 1 aromatic carbocycles. The lowest BCUT2D eigenvalue weighted by molar-refractivity contribution is 0.0936. The van der Waals surface area contributed by atoms with Crippen LogP contribution in [-0.2, 0) is 0 Å². The number of hydrogen-bond acceptors (Lipinski definition) is 2. The van der Waals surface area contributed by atoms with Gasteiger partial charge in [0.25, 0.3) is 0 Å². The number of rotatable bonds is 3. The minimum absolute atomic E-state index is 0.000932. The minimum Gasteiger partial charge on any atom is -0.496 e. The van der Waals surface area contributed by atoms with Crippen molar-refractivity contribution in [3.8, 4) is 5.75 Å². The molecule has 0 aliphatic rings. The molecular formula is C13H18O2. The summed E-state index contributed by atoms with van der Waals surface area (Å²) in [6.07, 6.45) is 0. The first-order valence-electron chi connectivity index (χ1n) is 5.17. The monoisotopic (exact) mass is 206 g/mol. The van der Waals surface area contributed by atoms with Crippen LogP contribution < -0.4 is 4.74 Å². The number of carbonyl (C=O) groups excluding carboxylic acids is 1. The molecule has 15 heavy (non-hydrogen) atoms. The maximum atomic E-state index is 11.9. The normalized spacial score (nSPS) is 10.5. The molecule has 0 N–H and O–H groups in total. The summed E-state index contributed by atoms with van der Waals surface area (Å²) in [5.41, 5.74) is 2.88. The van der Waals surface area contributed by atoms with Crippen molar-refractivity contribution >= 4 is 5.78 Å². The number of ketones is 1. The van der Waals surface area contributed by atoms with Crippen molar-refractivity contribution in [1.82, 2.24) is 0 Å². The summed E-state index contributed by atoms with van der Waals surface area (Å²) in [5, 5.41) is 0. The van der Waals surface area contributed by atoms with Crippen LogP contribution in [0.2, 0.25) is 0 Å². The van der Waals surface area contributed by atoms with E-state index in [1.807, 2.05) is 39.8 Å². The van der Waals surface area contributed by atoms with Gasteiger partial charge < -0.3 is 4.74 Å². The molecule has 2 nitrogen and oxygen atoms in total. The van der Waals surface area contributed by atoms with Gasteiger partial charge in [-0.15, -0.1) is 0 Å². The highest BCUT2D eigenvalue weighted by Gasteiger charge is 2.17. The van der Waals surface area contributed by atoms with Gasteiger partial charge in [-0.2, -0.15) is 0 Å². The molecule has 82 valence electrons. The molecule has 2 heteroatoms. The molecule has 0 heterocycles. The smallest absolute Gasteiger partial charge is 0.169 e. The van der Waals surface area contributed by atoms with Crippen molar-refractivity contribution in [2.45, 2.75) is 27.7 Å². The Bertz CT molecular complexity index is 378. The van der Waals surface area contributed by atoms with Crippen LogP contribution in [0.3, 0.4) is 0 Å². The Morgan fingerprint density at radius 3 is 2.33 bits per heavy atom. The van der Waals surface area contributed by atoms with E-state index in [0.717, 1.165) is 11.1 Å². The van der Waals surface area contributed by atoms with Crippen molar-refractivity contribution in [1.29, 1.82) is 0 Å². The fourth-order valence-electron chi connectivity index (χ4n) is 1.56. The second kappa shape index (κ2) is 4.47. The van der Waals surface area contributed by atoms with Gasteiger partial charge in [-0.05, 0) is 31.0 Å². The number of aryl methyl sites for hydroxylation is 1. The van der Waals surface area contributed by atoms with Crippen molar-refractivity contribution in [3.63, 3.8) is 0 Å². The SMILES string of the molecule is COc1c(C(=O)C(C)C)ccc(C)c1C. The second-order valence-electron chi connectivity index (χ2n) is 4.11. The van der Waals surface area contributed by atoms with Crippen LogP contribution in [0.1, 0.15) is 35.3 Å². The van der Waals surface area contributed by atoms with Crippen LogP contribution in [0.15, 0.2) is 12.1 Å². The summed E-state index contributed by atoms with van der Waals surface area (Å²) >= 11 is 0. The van der Waals surface area contributed by atoms with Crippen molar-refractivity contribution in [2.24, 2.45) is 5.92 Å². The summed E-state index contributed by atoms with van der Waals surface area (Å²) in [5.74, 6) is 0.852. The standard InChI is InChI=1S/C13H18O2/c1-8(2)12(14)11-7-6-9(3)10(4)13(11)15-5/h6-8H,1-5H3. The summed E-state index contributed by atoms with van der Waals surface area (Å²) in [6.45, 7) is 7.79. The maximum Gasteiger partial charge on any atom is 0.169 e. The quantitative estimate of drug-likeness (QED) is 0.710. The third-order valence-corrected chi connectivity index (χ3v) is 2.67. The highest BCUT2D eigenvalue weighted by molar-refractivity contribution is 6.00. The Morgan fingerprint density at radius 1 is 1.27 bits per heavy atom. The molecule has 0 aromatic heterocycles.